The number of hydrogen-bond donors (Lipinski definition) is 1. The Morgan fingerprint density at radius 2 is 1.92 bits per heavy atom. The second-order valence-corrected chi connectivity index (χ2v) is 5.71. The number of nitrogens with one attached hydrogen (secondary N) is 1. The van der Waals surface area contributed by atoms with E-state index in [1.807, 2.05) is 36.4 Å². The van der Waals surface area contributed by atoms with Crippen LogP contribution in [0.25, 0.3) is 5.65 Å². The van der Waals surface area contributed by atoms with E-state index in [1.54, 1.807) is 18.3 Å². The van der Waals surface area contributed by atoms with E-state index in [1.165, 1.54) is 4.40 Å². The minimum Gasteiger partial charge on any atom is -0.363 e. The monoisotopic (exact) mass is 320 g/mol. The van der Waals surface area contributed by atoms with Crippen molar-refractivity contribution in [1.82, 2.24) is 14.7 Å². The predicted molar refractivity (Wildman–Crippen MR) is 91.3 cm³/mol. The van der Waals surface area contributed by atoms with Crippen LogP contribution in [0.5, 0.6) is 0 Å². The van der Waals surface area contributed by atoms with E-state index in [4.69, 9.17) is 0 Å². The molecule has 3 heterocycles. The van der Waals surface area contributed by atoms with Crippen LogP contribution < -0.4 is 15.8 Å². The van der Waals surface area contributed by atoms with Crippen molar-refractivity contribution in [3.05, 3.63) is 76.3 Å². The second-order valence-electron chi connectivity index (χ2n) is 5.71. The summed E-state index contributed by atoms with van der Waals surface area (Å²) in [5.74, 6) is -0.0698. The molecule has 0 saturated heterocycles. The molecule has 0 bridgehead atoms. The van der Waals surface area contributed by atoms with Crippen molar-refractivity contribution >= 4 is 17.2 Å². The highest BCUT2D eigenvalue weighted by atomic mass is 16.1. The Labute approximate surface area is 138 Å². The number of fused-ring (bicyclic) bond motifs is 2. The van der Waals surface area contributed by atoms with Crippen LogP contribution in [-0.4, -0.2) is 28.4 Å². The average Bonchev–Trinajstić information content (AvgIpc) is 2.75. The van der Waals surface area contributed by atoms with Gasteiger partial charge in [0.2, 0.25) is 0 Å². The Balaban J connectivity index is 1.74. The van der Waals surface area contributed by atoms with Crippen molar-refractivity contribution in [2.75, 3.05) is 18.0 Å². The molecule has 0 fully saturated rings. The van der Waals surface area contributed by atoms with Crippen molar-refractivity contribution in [2.24, 2.45) is 0 Å². The summed E-state index contributed by atoms with van der Waals surface area (Å²) in [5, 5.41) is 2.89. The lowest BCUT2D eigenvalue weighted by molar-refractivity contribution is 0.0958. The van der Waals surface area contributed by atoms with Gasteiger partial charge in [0.15, 0.2) is 0 Å². The molecule has 24 heavy (non-hydrogen) atoms. The Hall–Kier alpha value is -3.15. The largest absolute Gasteiger partial charge is 0.363 e. The number of hydrogen-bond acceptors (Lipinski definition) is 4. The summed E-state index contributed by atoms with van der Waals surface area (Å²) in [6.45, 7) is 1.70. The molecule has 1 N–H and O–H groups in total. The number of benzene rings is 1. The van der Waals surface area contributed by atoms with Crippen LogP contribution in [0.15, 0.2) is 59.5 Å². The summed E-state index contributed by atoms with van der Waals surface area (Å²) >= 11 is 0. The Morgan fingerprint density at radius 1 is 1.08 bits per heavy atom. The molecule has 0 aliphatic carbocycles. The summed E-state index contributed by atoms with van der Waals surface area (Å²) in [6, 6.07) is 14.5. The molecule has 0 saturated carbocycles. The molecule has 1 aromatic carbocycles. The lowest BCUT2D eigenvalue weighted by Gasteiger charge is -2.23. The standard InChI is InChI=1S/C18H16N4O2/c23-17-11-13(20-16-7-3-4-9-22(16)17)12-21-10-8-19-18(24)14-5-1-2-6-15(14)21/h1-7,9,11H,8,10,12H2,(H,19,24). The Bertz CT molecular complexity index is 980. The quantitative estimate of drug-likeness (QED) is 0.776. The van der Waals surface area contributed by atoms with E-state index in [0.717, 1.165) is 5.69 Å². The topological polar surface area (TPSA) is 66.7 Å². The molecule has 1 amide bonds. The second kappa shape index (κ2) is 5.81. The van der Waals surface area contributed by atoms with Gasteiger partial charge in [-0.2, -0.15) is 0 Å². The number of nitrogens with zero attached hydrogens (tertiary/aromatic N) is 3. The normalized spacial score (nSPS) is 14.2. The summed E-state index contributed by atoms with van der Waals surface area (Å²) in [7, 11) is 0. The first-order chi connectivity index (χ1) is 11.7. The maximum Gasteiger partial charge on any atom is 0.258 e. The lowest BCUT2D eigenvalue weighted by atomic mass is 10.1. The van der Waals surface area contributed by atoms with Crippen molar-refractivity contribution < 1.29 is 4.79 Å². The zero-order chi connectivity index (χ0) is 16.5. The van der Waals surface area contributed by atoms with Crippen LogP contribution in [0.2, 0.25) is 0 Å². The number of aromatic nitrogens is 2. The molecule has 0 unspecified atom stereocenters. The number of carbonyl (C=O) groups is 1. The van der Waals surface area contributed by atoms with Gasteiger partial charge in [0.25, 0.3) is 11.5 Å². The molecule has 6 heteroatoms. The van der Waals surface area contributed by atoms with Gasteiger partial charge in [-0.1, -0.05) is 18.2 Å². The summed E-state index contributed by atoms with van der Waals surface area (Å²) in [6.07, 6.45) is 1.71. The van der Waals surface area contributed by atoms with Gasteiger partial charge in [-0.3, -0.25) is 14.0 Å². The van der Waals surface area contributed by atoms with Crippen LogP contribution in [0.4, 0.5) is 5.69 Å². The number of para-hydroxylation sites is 1. The van der Waals surface area contributed by atoms with Crippen LogP contribution in [0.3, 0.4) is 0 Å². The Morgan fingerprint density at radius 3 is 2.83 bits per heavy atom. The molecule has 0 radical (unpaired) electrons. The number of carbonyl (C=O) groups excluding carboxylic acids is 1. The van der Waals surface area contributed by atoms with Gasteiger partial charge in [0, 0.05) is 31.0 Å². The van der Waals surface area contributed by atoms with Crippen molar-refractivity contribution in [1.29, 1.82) is 0 Å². The number of anilines is 1. The number of rotatable bonds is 2. The zero-order valence-electron chi connectivity index (χ0n) is 13.0. The van der Waals surface area contributed by atoms with Gasteiger partial charge in [0.1, 0.15) is 5.65 Å². The fraction of sp³-hybridized carbons (Fsp3) is 0.167. The molecule has 3 aromatic rings. The molecule has 1 aliphatic heterocycles. The number of amides is 1. The molecular formula is C18H16N4O2. The van der Waals surface area contributed by atoms with Crippen molar-refractivity contribution in [2.45, 2.75) is 6.54 Å². The van der Waals surface area contributed by atoms with Crippen LogP contribution in [0, 0.1) is 0 Å². The third-order valence-corrected chi connectivity index (χ3v) is 4.13. The van der Waals surface area contributed by atoms with Crippen molar-refractivity contribution in [3.63, 3.8) is 0 Å². The molecule has 2 aromatic heterocycles. The highest BCUT2D eigenvalue weighted by molar-refractivity contribution is 6.00. The molecular weight excluding hydrogens is 304 g/mol. The molecule has 1 aliphatic rings. The maximum absolute atomic E-state index is 12.2. The third kappa shape index (κ3) is 2.52. The molecule has 0 atom stereocenters. The lowest BCUT2D eigenvalue weighted by Crippen LogP contribution is -2.30. The van der Waals surface area contributed by atoms with Crippen LogP contribution in [0.1, 0.15) is 16.1 Å². The molecule has 4 rings (SSSR count). The van der Waals surface area contributed by atoms with Gasteiger partial charge in [-0.15, -0.1) is 0 Å². The third-order valence-electron chi connectivity index (χ3n) is 4.13. The first kappa shape index (κ1) is 14.4. The zero-order valence-corrected chi connectivity index (χ0v) is 13.0. The fourth-order valence-electron chi connectivity index (χ4n) is 3.01. The summed E-state index contributed by atoms with van der Waals surface area (Å²) in [5.41, 5.74) is 2.72. The smallest absolute Gasteiger partial charge is 0.258 e. The van der Waals surface area contributed by atoms with Gasteiger partial charge in [-0.05, 0) is 24.3 Å². The van der Waals surface area contributed by atoms with E-state index in [0.29, 0.717) is 36.5 Å². The summed E-state index contributed by atoms with van der Waals surface area (Å²) < 4.78 is 1.52. The number of pyridine rings is 1. The highest BCUT2D eigenvalue weighted by Crippen LogP contribution is 2.23. The fourth-order valence-corrected chi connectivity index (χ4v) is 3.01. The van der Waals surface area contributed by atoms with Gasteiger partial charge in [-0.25, -0.2) is 4.98 Å². The Kier molecular flexibility index (Phi) is 3.49. The van der Waals surface area contributed by atoms with E-state index in [2.05, 4.69) is 15.2 Å². The van der Waals surface area contributed by atoms with Crippen LogP contribution in [-0.2, 0) is 6.54 Å². The van der Waals surface area contributed by atoms with Gasteiger partial charge < -0.3 is 10.2 Å². The minimum atomic E-state index is -0.104. The van der Waals surface area contributed by atoms with E-state index in [-0.39, 0.29) is 11.5 Å². The first-order valence-electron chi connectivity index (χ1n) is 7.82. The van der Waals surface area contributed by atoms with Gasteiger partial charge >= 0.3 is 0 Å². The average molecular weight is 320 g/mol. The van der Waals surface area contributed by atoms with E-state index >= 15 is 0 Å². The maximum atomic E-state index is 12.2. The highest BCUT2D eigenvalue weighted by Gasteiger charge is 2.20. The summed E-state index contributed by atoms with van der Waals surface area (Å²) in [4.78, 5) is 31.0. The minimum absolute atomic E-state index is 0.0698. The first-order valence-corrected chi connectivity index (χ1v) is 7.82. The SMILES string of the molecule is O=C1NCCN(Cc2cc(=O)n3ccccc3n2)c2ccccc21. The molecule has 0 spiro atoms. The van der Waals surface area contributed by atoms with Crippen LogP contribution >= 0.6 is 0 Å². The molecule has 6 nitrogen and oxygen atoms in total. The van der Waals surface area contributed by atoms with Crippen molar-refractivity contribution in [3.8, 4) is 0 Å². The predicted octanol–water partition coefficient (Wildman–Crippen LogP) is 1.44. The van der Waals surface area contributed by atoms with E-state index < -0.39 is 0 Å². The van der Waals surface area contributed by atoms with E-state index in [9.17, 15) is 9.59 Å². The van der Waals surface area contributed by atoms with Gasteiger partial charge in [0.05, 0.1) is 17.8 Å². The molecule has 120 valence electrons.